The van der Waals surface area contributed by atoms with Crippen LogP contribution in [-0.4, -0.2) is 17.7 Å². The maximum absolute atomic E-state index is 10.3. The molecule has 1 rings (SSSR count). The SMILES string of the molecule is CC(CCCCNC(=O)O)c1ccc(Cl)c(CBr)c1. The zero-order valence-electron chi connectivity index (χ0n) is 11.0. The molecule has 1 unspecified atom stereocenters. The molecule has 1 atom stereocenters. The average Bonchev–Trinajstić information content (AvgIpc) is 2.38. The Kier molecular flexibility index (Phi) is 7.24. The largest absolute Gasteiger partial charge is 0.465 e. The van der Waals surface area contributed by atoms with E-state index in [0.717, 1.165) is 35.2 Å². The Morgan fingerprint density at radius 3 is 2.84 bits per heavy atom. The van der Waals surface area contributed by atoms with Gasteiger partial charge in [-0.2, -0.15) is 0 Å². The smallest absolute Gasteiger partial charge is 0.404 e. The van der Waals surface area contributed by atoms with Gasteiger partial charge in [0.25, 0.3) is 0 Å². The summed E-state index contributed by atoms with van der Waals surface area (Å²) in [5.74, 6) is 0.458. The Balaban J connectivity index is 2.40. The Hall–Kier alpha value is -0.740. The number of hydrogen-bond donors (Lipinski definition) is 2. The molecule has 0 spiro atoms. The van der Waals surface area contributed by atoms with E-state index >= 15 is 0 Å². The van der Waals surface area contributed by atoms with Gasteiger partial charge in [-0.3, -0.25) is 0 Å². The first kappa shape index (κ1) is 16.3. The number of halogens is 2. The van der Waals surface area contributed by atoms with Crippen molar-refractivity contribution in [3.8, 4) is 0 Å². The second-order valence-corrected chi connectivity index (χ2v) is 5.58. The molecule has 5 heteroatoms. The van der Waals surface area contributed by atoms with Gasteiger partial charge in [0.15, 0.2) is 0 Å². The molecule has 2 N–H and O–H groups in total. The lowest BCUT2D eigenvalue weighted by molar-refractivity contribution is 0.194. The summed E-state index contributed by atoms with van der Waals surface area (Å²) in [4.78, 5) is 10.3. The van der Waals surface area contributed by atoms with Gasteiger partial charge in [0.05, 0.1) is 0 Å². The summed E-state index contributed by atoms with van der Waals surface area (Å²) in [6, 6.07) is 6.14. The zero-order chi connectivity index (χ0) is 14.3. The van der Waals surface area contributed by atoms with Crippen LogP contribution in [0.15, 0.2) is 18.2 Å². The van der Waals surface area contributed by atoms with Crippen LogP contribution in [0.1, 0.15) is 43.2 Å². The molecule has 106 valence electrons. The zero-order valence-corrected chi connectivity index (χ0v) is 13.3. The predicted octanol–water partition coefficient (Wildman–Crippen LogP) is 4.78. The van der Waals surface area contributed by atoms with E-state index in [1.165, 1.54) is 5.56 Å². The van der Waals surface area contributed by atoms with Crippen LogP contribution in [0.5, 0.6) is 0 Å². The first-order valence-corrected chi connectivity index (χ1v) is 7.85. The fourth-order valence-electron chi connectivity index (χ4n) is 1.94. The molecule has 0 aliphatic rings. The summed E-state index contributed by atoms with van der Waals surface area (Å²) in [6.07, 6.45) is 1.97. The van der Waals surface area contributed by atoms with E-state index in [-0.39, 0.29) is 0 Å². The molecule has 1 amide bonds. The lowest BCUT2D eigenvalue weighted by atomic mass is 9.94. The number of alkyl halides is 1. The topological polar surface area (TPSA) is 49.3 Å². The average molecular weight is 349 g/mol. The van der Waals surface area contributed by atoms with E-state index in [4.69, 9.17) is 16.7 Å². The van der Waals surface area contributed by atoms with Gasteiger partial charge in [-0.25, -0.2) is 4.79 Å². The van der Waals surface area contributed by atoms with E-state index in [0.29, 0.717) is 12.5 Å². The van der Waals surface area contributed by atoms with Crippen molar-refractivity contribution in [3.05, 3.63) is 34.3 Å². The fraction of sp³-hybridized carbons (Fsp3) is 0.500. The number of benzene rings is 1. The number of unbranched alkanes of at least 4 members (excludes halogenated alkanes) is 1. The van der Waals surface area contributed by atoms with Gasteiger partial charge >= 0.3 is 6.09 Å². The molecule has 0 aromatic heterocycles. The van der Waals surface area contributed by atoms with Crippen molar-refractivity contribution in [2.75, 3.05) is 6.54 Å². The molecule has 3 nitrogen and oxygen atoms in total. The minimum absolute atomic E-state index is 0.458. The van der Waals surface area contributed by atoms with Gasteiger partial charge in [0.2, 0.25) is 0 Å². The number of amides is 1. The molecule has 0 radical (unpaired) electrons. The normalized spacial score (nSPS) is 12.2. The summed E-state index contributed by atoms with van der Waals surface area (Å²) < 4.78 is 0. The van der Waals surface area contributed by atoms with Crippen LogP contribution in [0, 0.1) is 0 Å². The van der Waals surface area contributed by atoms with Crippen LogP contribution in [-0.2, 0) is 5.33 Å². The minimum Gasteiger partial charge on any atom is -0.465 e. The third kappa shape index (κ3) is 5.83. The molecule has 0 saturated carbocycles. The Morgan fingerprint density at radius 1 is 1.47 bits per heavy atom. The number of rotatable bonds is 7. The van der Waals surface area contributed by atoms with Gasteiger partial charge in [0, 0.05) is 16.9 Å². The summed E-state index contributed by atoms with van der Waals surface area (Å²) in [5.41, 5.74) is 2.39. The van der Waals surface area contributed by atoms with Crippen molar-refractivity contribution >= 4 is 33.6 Å². The van der Waals surface area contributed by atoms with E-state index < -0.39 is 6.09 Å². The van der Waals surface area contributed by atoms with Crippen molar-refractivity contribution in [3.63, 3.8) is 0 Å². The van der Waals surface area contributed by atoms with E-state index in [1.807, 2.05) is 6.07 Å². The maximum atomic E-state index is 10.3. The quantitative estimate of drug-likeness (QED) is 0.550. The van der Waals surface area contributed by atoms with Gasteiger partial charge in [-0.05, 0) is 36.0 Å². The van der Waals surface area contributed by atoms with Crippen LogP contribution in [0.25, 0.3) is 0 Å². The lowest BCUT2D eigenvalue weighted by Crippen LogP contribution is -2.21. The molecular formula is C14H19BrClNO2. The van der Waals surface area contributed by atoms with Crippen LogP contribution < -0.4 is 5.32 Å². The van der Waals surface area contributed by atoms with Crippen molar-refractivity contribution in [1.82, 2.24) is 5.32 Å². The molecule has 0 heterocycles. The highest BCUT2D eigenvalue weighted by Gasteiger charge is 2.08. The van der Waals surface area contributed by atoms with Crippen LogP contribution in [0.4, 0.5) is 4.79 Å². The van der Waals surface area contributed by atoms with Crippen molar-refractivity contribution < 1.29 is 9.90 Å². The molecule has 0 saturated heterocycles. The fourth-order valence-corrected chi connectivity index (χ4v) is 2.75. The van der Waals surface area contributed by atoms with Crippen molar-refractivity contribution in [2.24, 2.45) is 0 Å². The second-order valence-electron chi connectivity index (χ2n) is 4.61. The van der Waals surface area contributed by atoms with Crippen molar-refractivity contribution in [2.45, 2.75) is 37.4 Å². The second kappa shape index (κ2) is 8.43. The Bertz CT molecular complexity index is 426. The van der Waals surface area contributed by atoms with Crippen LogP contribution >= 0.6 is 27.5 Å². The monoisotopic (exact) mass is 347 g/mol. The molecule has 1 aromatic rings. The molecule has 0 aliphatic carbocycles. The number of carbonyl (C=O) groups is 1. The standard InChI is InChI=1S/C14H19BrClNO2/c1-10(4-2-3-7-17-14(18)19)11-5-6-13(16)12(8-11)9-15/h5-6,8,10,17H,2-4,7,9H2,1H3,(H,18,19). The van der Waals surface area contributed by atoms with E-state index in [9.17, 15) is 4.79 Å². The highest BCUT2D eigenvalue weighted by molar-refractivity contribution is 9.08. The third-order valence-electron chi connectivity index (χ3n) is 3.12. The summed E-state index contributed by atoms with van der Waals surface area (Å²) in [6.45, 7) is 2.71. The molecule has 0 bridgehead atoms. The Labute approximate surface area is 127 Å². The molecular weight excluding hydrogens is 330 g/mol. The van der Waals surface area contributed by atoms with Gasteiger partial charge < -0.3 is 10.4 Å². The van der Waals surface area contributed by atoms with Crippen molar-refractivity contribution in [1.29, 1.82) is 0 Å². The number of carboxylic acid groups (broad SMARTS) is 1. The molecule has 19 heavy (non-hydrogen) atoms. The van der Waals surface area contributed by atoms with Gasteiger partial charge in [-0.1, -0.05) is 53.0 Å². The lowest BCUT2D eigenvalue weighted by Gasteiger charge is -2.13. The highest BCUT2D eigenvalue weighted by atomic mass is 79.9. The first-order valence-electron chi connectivity index (χ1n) is 6.35. The minimum atomic E-state index is -0.951. The highest BCUT2D eigenvalue weighted by Crippen LogP contribution is 2.27. The van der Waals surface area contributed by atoms with Crippen LogP contribution in [0.3, 0.4) is 0 Å². The third-order valence-corrected chi connectivity index (χ3v) is 4.10. The summed E-state index contributed by atoms with van der Waals surface area (Å²) >= 11 is 9.51. The summed E-state index contributed by atoms with van der Waals surface area (Å²) in [5, 5.41) is 12.4. The molecule has 1 aromatic carbocycles. The predicted molar refractivity (Wildman–Crippen MR) is 82.4 cm³/mol. The molecule has 0 aliphatic heterocycles. The van der Waals surface area contributed by atoms with E-state index in [1.54, 1.807) is 0 Å². The number of hydrogen-bond acceptors (Lipinski definition) is 1. The number of nitrogens with one attached hydrogen (secondary N) is 1. The van der Waals surface area contributed by atoms with Gasteiger partial charge in [-0.15, -0.1) is 0 Å². The van der Waals surface area contributed by atoms with E-state index in [2.05, 4.69) is 40.3 Å². The molecule has 0 fully saturated rings. The first-order chi connectivity index (χ1) is 9.04. The van der Waals surface area contributed by atoms with Gasteiger partial charge in [0.1, 0.15) is 0 Å². The van der Waals surface area contributed by atoms with Crippen LogP contribution in [0.2, 0.25) is 5.02 Å². The Morgan fingerprint density at radius 2 is 2.21 bits per heavy atom. The maximum Gasteiger partial charge on any atom is 0.404 e. The summed E-state index contributed by atoms with van der Waals surface area (Å²) in [7, 11) is 0.